The topological polar surface area (TPSA) is 67.4 Å². The minimum Gasteiger partial charge on any atom is -0.481 e. The Morgan fingerprint density at radius 1 is 1.08 bits per heavy atom. The zero-order valence-electron chi connectivity index (χ0n) is 13.2. The van der Waals surface area contributed by atoms with Gasteiger partial charge in [-0.25, -0.2) is 4.39 Å². The Morgan fingerprint density at radius 2 is 1.68 bits per heavy atom. The SMILES string of the molecule is CC(Oc1ccc(F)cc1)C(=O)NNC(=O)Cc1c(Cl)cccc1Cl. The van der Waals surface area contributed by atoms with Gasteiger partial charge in [-0.1, -0.05) is 29.3 Å². The third-order valence-corrected chi connectivity index (χ3v) is 3.93. The molecule has 0 aliphatic rings. The van der Waals surface area contributed by atoms with Crippen LogP contribution in [0.1, 0.15) is 12.5 Å². The first-order valence-electron chi connectivity index (χ1n) is 7.30. The van der Waals surface area contributed by atoms with Crippen LogP contribution >= 0.6 is 23.2 Å². The van der Waals surface area contributed by atoms with Crippen molar-refractivity contribution in [3.05, 3.63) is 63.9 Å². The van der Waals surface area contributed by atoms with Crippen LogP contribution in [0.2, 0.25) is 10.0 Å². The molecule has 1 unspecified atom stereocenters. The molecule has 2 aromatic carbocycles. The van der Waals surface area contributed by atoms with Crippen LogP contribution < -0.4 is 15.6 Å². The number of amides is 2. The summed E-state index contributed by atoms with van der Waals surface area (Å²) in [5.41, 5.74) is 4.98. The highest BCUT2D eigenvalue weighted by Crippen LogP contribution is 2.24. The third-order valence-electron chi connectivity index (χ3n) is 3.22. The molecule has 0 aliphatic heterocycles. The van der Waals surface area contributed by atoms with Crippen LogP contribution in [0, 0.1) is 5.82 Å². The van der Waals surface area contributed by atoms with E-state index < -0.39 is 23.7 Å². The molecule has 5 nitrogen and oxygen atoms in total. The van der Waals surface area contributed by atoms with Gasteiger partial charge in [0.15, 0.2) is 6.10 Å². The number of nitrogens with one attached hydrogen (secondary N) is 2. The van der Waals surface area contributed by atoms with E-state index in [1.54, 1.807) is 18.2 Å². The van der Waals surface area contributed by atoms with Crippen molar-refractivity contribution in [2.45, 2.75) is 19.4 Å². The monoisotopic (exact) mass is 384 g/mol. The molecule has 0 aromatic heterocycles. The maximum absolute atomic E-state index is 12.8. The molecule has 2 N–H and O–H groups in total. The highest BCUT2D eigenvalue weighted by molar-refractivity contribution is 6.36. The van der Waals surface area contributed by atoms with Crippen LogP contribution in [-0.4, -0.2) is 17.9 Å². The summed E-state index contributed by atoms with van der Waals surface area (Å²) in [5, 5.41) is 0.726. The van der Waals surface area contributed by atoms with Gasteiger partial charge in [0, 0.05) is 10.0 Å². The van der Waals surface area contributed by atoms with Crippen LogP contribution in [0.15, 0.2) is 42.5 Å². The first kappa shape index (κ1) is 19.0. The second-order valence-corrected chi connectivity index (χ2v) is 5.94. The normalized spacial score (nSPS) is 11.5. The zero-order valence-corrected chi connectivity index (χ0v) is 14.7. The molecule has 0 saturated carbocycles. The summed E-state index contributed by atoms with van der Waals surface area (Å²) < 4.78 is 18.2. The lowest BCUT2D eigenvalue weighted by Gasteiger charge is -2.15. The molecular formula is C17H15Cl2FN2O3. The number of ether oxygens (including phenoxy) is 1. The van der Waals surface area contributed by atoms with Gasteiger partial charge in [-0.3, -0.25) is 20.4 Å². The van der Waals surface area contributed by atoms with Gasteiger partial charge in [0.05, 0.1) is 6.42 Å². The summed E-state index contributed by atoms with van der Waals surface area (Å²) >= 11 is 12.0. The van der Waals surface area contributed by atoms with Crippen LogP contribution in [0.4, 0.5) is 4.39 Å². The van der Waals surface area contributed by atoms with Gasteiger partial charge in [0.1, 0.15) is 11.6 Å². The van der Waals surface area contributed by atoms with Gasteiger partial charge in [0.25, 0.3) is 5.91 Å². The van der Waals surface area contributed by atoms with Gasteiger partial charge >= 0.3 is 0 Å². The fourth-order valence-electron chi connectivity index (χ4n) is 1.91. The predicted octanol–water partition coefficient (Wildman–Crippen LogP) is 3.29. The molecule has 2 amide bonds. The van der Waals surface area contributed by atoms with Crippen molar-refractivity contribution in [1.29, 1.82) is 0 Å². The molecule has 0 saturated heterocycles. The molecule has 0 radical (unpaired) electrons. The summed E-state index contributed by atoms with van der Waals surface area (Å²) in [4.78, 5) is 23.8. The van der Waals surface area contributed by atoms with Gasteiger partial charge < -0.3 is 4.74 Å². The summed E-state index contributed by atoms with van der Waals surface area (Å²) in [6.07, 6.45) is -0.985. The Labute approximate surface area is 154 Å². The van der Waals surface area contributed by atoms with E-state index in [1.807, 2.05) is 0 Å². The zero-order chi connectivity index (χ0) is 18.4. The van der Waals surface area contributed by atoms with E-state index in [-0.39, 0.29) is 6.42 Å². The molecule has 8 heteroatoms. The number of hydrogen-bond donors (Lipinski definition) is 2. The lowest BCUT2D eigenvalue weighted by molar-refractivity contribution is -0.132. The average molecular weight is 385 g/mol. The summed E-state index contributed by atoms with van der Waals surface area (Å²) in [6, 6.07) is 10.1. The number of halogens is 3. The smallest absolute Gasteiger partial charge is 0.279 e. The minimum absolute atomic E-state index is 0.0913. The summed E-state index contributed by atoms with van der Waals surface area (Å²) in [7, 11) is 0. The molecule has 2 aromatic rings. The van der Waals surface area contributed by atoms with Crippen molar-refractivity contribution < 1.29 is 18.7 Å². The molecular weight excluding hydrogens is 370 g/mol. The standard InChI is InChI=1S/C17H15Cl2FN2O3/c1-10(25-12-7-5-11(20)6-8-12)17(24)22-21-16(23)9-13-14(18)3-2-4-15(13)19/h2-8,10H,9H2,1H3,(H,21,23)(H,22,24). The molecule has 1 atom stereocenters. The van der Waals surface area contributed by atoms with Gasteiger partial charge in [-0.05, 0) is 48.9 Å². The molecule has 25 heavy (non-hydrogen) atoms. The lowest BCUT2D eigenvalue weighted by atomic mass is 10.1. The van der Waals surface area contributed by atoms with E-state index in [2.05, 4.69) is 10.9 Å². The number of carbonyl (C=O) groups is 2. The van der Waals surface area contributed by atoms with Crippen LogP contribution in [0.5, 0.6) is 5.75 Å². The Bertz CT molecular complexity index is 749. The number of benzene rings is 2. The molecule has 0 heterocycles. The quantitative estimate of drug-likeness (QED) is 0.777. The van der Waals surface area contributed by atoms with Crippen molar-refractivity contribution in [2.24, 2.45) is 0 Å². The van der Waals surface area contributed by atoms with Gasteiger partial charge in [0.2, 0.25) is 5.91 Å². The van der Waals surface area contributed by atoms with E-state index in [4.69, 9.17) is 27.9 Å². The largest absolute Gasteiger partial charge is 0.481 e. The number of rotatable bonds is 5. The van der Waals surface area contributed by atoms with Crippen LogP contribution in [-0.2, 0) is 16.0 Å². The van der Waals surface area contributed by atoms with E-state index in [1.165, 1.54) is 31.2 Å². The van der Waals surface area contributed by atoms with E-state index in [0.717, 1.165) is 0 Å². The molecule has 2 rings (SSSR count). The first-order chi connectivity index (χ1) is 11.9. The number of carbonyl (C=O) groups excluding carboxylic acids is 2. The first-order valence-corrected chi connectivity index (χ1v) is 8.06. The number of hydrazine groups is 1. The third kappa shape index (κ3) is 5.62. The summed E-state index contributed by atoms with van der Waals surface area (Å²) in [6.45, 7) is 1.50. The Balaban J connectivity index is 1.84. The van der Waals surface area contributed by atoms with Gasteiger partial charge in [-0.2, -0.15) is 0 Å². The Hall–Kier alpha value is -2.31. The van der Waals surface area contributed by atoms with Gasteiger partial charge in [-0.15, -0.1) is 0 Å². The fourth-order valence-corrected chi connectivity index (χ4v) is 2.44. The second kappa shape index (κ2) is 8.69. The van der Waals surface area contributed by atoms with Crippen molar-refractivity contribution in [1.82, 2.24) is 10.9 Å². The van der Waals surface area contributed by atoms with Crippen molar-refractivity contribution >= 4 is 35.0 Å². The van der Waals surface area contributed by atoms with E-state index >= 15 is 0 Å². The molecule has 0 spiro atoms. The molecule has 0 bridgehead atoms. The minimum atomic E-state index is -0.894. The average Bonchev–Trinajstić information content (AvgIpc) is 2.58. The molecule has 0 fully saturated rings. The number of hydrogen-bond acceptors (Lipinski definition) is 3. The fraction of sp³-hybridized carbons (Fsp3) is 0.176. The van der Waals surface area contributed by atoms with Crippen molar-refractivity contribution in [2.75, 3.05) is 0 Å². The van der Waals surface area contributed by atoms with Crippen molar-refractivity contribution in [3.8, 4) is 5.75 Å². The molecule has 132 valence electrons. The predicted molar refractivity (Wildman–Crippen MR) is 92.9 cm³/mol. The van der Waals surface area contributed by atoms with E-state index in [0.29, 0.717) is 21.4 Å². The highest BCUT2D eigenvalue weighted by Gasteiger charge is 2.16. The Kier molecular flexibility index (Phi) is 6.61. The molecule has 0 aliphatic carbocycles. The maximum atomic E-state index is 12.8. The van der Waals surface area contributed by atoms with Crippen LogP contribution in [0.25, 0.3) is 0 Å². The second-order valence-electron chi connectivity index (χ2n) is 5.13. The highest BCUT2D eigenvalue weighted by atomic mass is 35.5. The maximum Gasteiger partial charge on any atom is 0.279 e. The lowest BCUT2D eigenvalue weighted by Crippen LogP contribution is -2.47. The van der Waals surface area contributed by atoms with E-state index in [9.17, 15) is 14.0 Å². The van der Waals surface area contributed by atoms with Crippen LogP contribution in [0.3, 0.4) is 0 Å². The Morgan fingerprint density at radius 3 is 2.28 bits per heavy atom. The van der Waals surface area contributed by atoms with Crippen molar-refractivity contribution in [3.63, 3.8) is 0 Å². The summed E-state index contributed by atoms with van der Waals surface area (Å²) in [5.74, 6) is -1.13.